The van der Waals surface area contributed by atoms with Crippen LogP contribution in [0.25, 0.3) is 0 Å². The second kappa shape index (κ2) is 6.13. The Hall–Kier alpha value is -1.71. The Morgan fingerprint density at radius 1 is 1.29 bits per heavy atom. The molecule has 2 heterocycles. The lowest BCUT2D eigenvalue weighted by Gasteiger charge is -2.05. The van der Waals surface area contributed by atoms with Crippen LogP contribution in [0.3, 0.4) is 0 Å². The molecule has 1 aliphatic heterocycles. The first-order valence-electron chi connectivity index (χ1n) is 5.96. The third-order valence-electron chi connectivity index (χ3n) is 2.69. The highest BCUT2D eigenvalue weighted by molar-refractivity contribution is 6.36. The molecule has 1 aliphatic rings. The molecule has 0 aliphatic carbocycles. The molecule has 1 aromatic rings. The molecule has 0 radical (unpaired) electrons. The van der Waals surface area contributed by atoms with Gasteiger partial charge < -0.3 is 4.74 Å². The average molecular weight is 232 g/mol. The molecule has 0 saturated carbocycles. The van der Waals surface area contributed by atoms with Crippen LogP contribution in [0, 0.1) is 0 Å². The zero-order valence-corrected chi connectivity index (χ0v) is 9.76. The Morgan fingerprint density at radius 3 is 3.06 bits per heavy atom. The van der Waals surface area contributed by atoms with Crippen molar-refractivity contribution in [2.75, 3.05) is 6.54 Å². The predicted octanol–water partition coefficient (Wildman–Crippen LogP) is 2.14. The maximum absolute atomic E-state index is 11.7. The van der Waals surface area contributed by atoms with Crippen LogP contribution in [0.2, 0.25) is 0 Å². The summed E-state index contributed by atoms with van der Waals surface area (Å²) in [7, 11) is 0. The Kier molecular flexibility index (Phi) is 4.24. The van der Waals surface area contributed by atoms with Crippen molar-refractivity contribution in [1.29, 1.82) is 0 Å². The Morgan fingerprint density at radius 2 is 2.24 bits per heavy atom. The van der Waals surface area contributed by atoms with Gasteiger partial charge in [0.2, 0.25) is 0 Å². The van der Waals surface area contributed by atoms with Crippen molar-refractivity contribution in [2.24, 2.45) is 4.99 Å². The monoisotopic (exact) mass is 232 g/mol. The number of rotatable bonds is 3. The van der Waals surface area contributed by atoms with E-state index in [2.05, 4.69) is 9.98 Å². The number of hydrogen-bond acceptors (Lipinski definition) is 4. The number of nitrogens with zero attached hydrogens (tertiary/aromatic N) is 2. The molecular weight excluding hydrogens is 216 g/mol. The van der Waals surface area contributed by atoms with Crippen molar-refractivity contribution in [1.82, 2.24) is 4.98 Å². The normalized spacial score (nSPS) is 15.9. The number of hydrogen-bond donors (Lipinski definition) is 0. The summed E-state index contributed by atoms with van der Waals surface area (Å²) >= 11 is 0. The van der Waals surface area contributed by atoms with E-state index in [1.54, 1.807) is 6.20 Å². The lowest BCUT2D eigenvalue weighted by atomic mass is 10.1. The molecule has 0 amide bonds. The Bertz CT molecular complexity index is 401. The van der Waals surface area contributed by atoms with Gasteiger partial charge in [-0.3, -0.25) is 9.98 Å². The van der Waals surface area contributed by atoms with E-state index >= 15 is 0 Å². The van der Waals surface area contributed by atoms with Gasteiger partial charge in [0.25, 0.3) is 0 Å². The standard InChI is InChI=1S/C13H16N2O2/c16-13(12-7-2-1-4-9-15-12)17-10-11-6-3-5-8-14-11/h3,5-6,8H,1-2,4,7,9-10H2. The zero-order chi connectivity index (χ0) is 11.9. The summed E-state index contributed by atoms with van der Waals surface area (Å²) in [5.74, 6) is -0.294. The molecule has 2 rings (SSSR count). The zero-order valence-electron chi connectivity index (χ0n) is 9.76. The number of carbonyl (C=O) groups is 1. The molecule has 0 N–H and O–H groups in total. The molecular formula is C13H16N2O2. The maximum atomic E-state index is 11.7. The summed E-state index contributed by atoms with van der Waals surface area (Å²) in [4.78, 5) is 20.1. The first-order valence-corrected chi connectivity index (χ1v) is 5.96. The molecule has 90 valence electrons. The summed E-state index contributed by atoms with van der Waals surface area (Å²) in [6, 6.07) is 5.54. The fourth-order valence-corrected chi connectivity index (χ4v) is 1.75. The molecule has 4 heteroatoms. The number of carbonyl (C=O) groups excluding carboxylic acids is 1. The van der Waals surface area contributed by atoms with E-state index in [1.807, 2.05) is 18.2 Å². The molecule has 17 heavy (non-hydrogen) atoms. The maximum Gasteiger partial charge on any atom is 0.352 e. The largest absolute Gasteiger partial charge is 0.455 e. The molecule has 0 spiro atoms. The van der Waals surface area contributed by atoms with Gasteiger partial charge in [0, 0.05) is 12.7 Å². The molecule has 1 aromatic heterocycles. The van der Waals surface area contributed by atoms with Crippen LogP contribution in [0.1, 0.15) is 31.4 Å². The second-order valence-electron chi connectivity index (χ2n) is 4.04. The number of aliphatic imine (C=N–C) groups is 1. The van der Waals surface area contributed by atoms with Gasteiger partial charge in [-0.05, 0) is 31.4 Å². The highest BCUT2D eigenvalue weighted by Gasteiger charge is 2.14. The van der Waals surface area contributed by atoms with Gasteiger partial charge >= 0.3 is 5.97 Å². The Balaban J connectivity index is 1.86. The molecule has 0 atom stereocenters. The van der Waals surface area contributed by atoms with Gasteiger partial charge in [-0.1, -0.05) is 12.5 Å². The van der Waals surface area contributed by atoms with Crippen molar-refractivity contribution >= 4 is 11.7 Å². The molecule has 4 nitrogen and oxygen atoms in total. The predicted molar refractivity (Wildman–Crippen MR) is 64.8 cm³/mol. The number of aromatic nitrogens is 1. The fourth-order valence-electron chi connectivity index (χ4n) is 1.75. The molecule has 0 bridgehead atoms. The summed E-state index contributed by atoms with van der Waals surface area (Å²) in [5.41, 5.74) is 1.34. The van der Waals surface area contributed by atoms with Crippen LogP contribution in [0.5, 0.6) is 0 Å². The Labute approximate surface area is 101 Å². The van der Waals surface area contributed by atoms with Crippen LogP contribution in [-0.4, -0.2) is 23.2 Å². The quantitative estimate of drug-likeness (QED) is 0.750. The average Bonchev–Trinajstić information content (AvgIpc) is 2.66. The summed E-state index contributed by atoms with van der Waals surface area (Å²) in [6.45, 7) is 0.965. The van der Waals surface area contributed by atoms with Gasteiger partial charge in [-0.25, -0.2) is 4.79 Å². The third-order valence-corrected chi connectivity index (χ3v) is 2.69. The minimum Gasteiger partial charge on any atom is -0.455 e. The molecule has 0 unspecified atom stereocenters. The van der Waals surface area contributed by atoms with E-state index in [4.69, 9.17) is 4.74 Å². The fraction of sp³-hybridized carbons (Fsp3) is 0.462. The van der Waals surface area contributed by atoms with Crippen molar-refractivity contribution in [2.45, 2.75) is 32.3 Å². The lowest BCUT2D eigenvalue weighted by molar-refractivity contribution is -0.137. The van der Waals surface area contributed by atoms with Crippen molar-refractivity contribution in [3.63, 3.8) is 0 Å². The third kappa shape index (κ3) is 3.66. The minimum absolute atomic E-state index is 0.221. The molecule has 0 saturated heterocycles. The van der Waals surface area contributed by atoms with Crippen molar-refractivity contribution < 1.29 is 9.53 Å². The minimum atomic E-state index is -0.294. The molecule has 0 fully saturated rings. The van der Waals surface area contributed by atoms with Crippen LogP contribution < -0.4 is 0 Å². The first kappa shape index (κ1) is 11.8. The van der Waals surface area contributed by atoms with Gasteiger partial charge in [-0.2, -0.15) is 0 Å². The second-order valence-corrected chi connectivity index (χ2v) is 4.04. The smallest absolute Gasteiger partial charge is 0.352 e. The summed E-state index contributed by atoms with van der Waals surface area (Å²) in [6.07, 6.45) is 5.66. The van der Waals surface area contributed by atoms with Crippen LogP contribution in [0.15, 0.2) is 29.4 Å². The number of ether oxygens (including phenoxy) is 1. The van der Waals surface area contributed by atoms with E-state index in [9.17, 15) is 4.79 Å². The number of esters is 1. The van der Waals surface area contributed by atoms with E-state index in [1.165, 1.54) is 0 Å². The highest BCUT2D eigenvalue weighted by atomic mass is 16.5. The van der Waals surface area contributed by atoms with Crippen LogP contribution in [0.4, 0.5) is 0 Å². The van der Waals surface area contributed by atoms with Crippen LogP contribution in [-0.2, 0) is 16.1 Å². The van der Waals surface area contributed by atoms with Gasteiger partial charge in [0.05, 0.1) is 5.69 Å². The number of pyridine rings is 1. The van der Waals surface area contributed by atoms with E-state index in [0.717, 1.165) is 37.9 Å². The highest BCUT2D eigenvalue weighted by Crippen LogP contribution is 2.09. The van der Waals surface area contributed by atoms with Crippen molar-refractivity contribution in [3.05, 3.63) is 30.1 Å². The van der Waals surface area contributed by atoms with Gasteiger partial charge in [0.15, 0.2) is 0 Å². The van der Waals surface area contributed by atoms with E-state index < -0.39 is 0 Å². The summed E-state index contributed by atoms with van der Waals surface area (Å²) in [5, 5.41) is 0. The van der Waals surface area contributed by atoms with E-state index in [0.29, 0.717) is 5.71 Å². The van der Waals surface area contributed by atoms with Gasteiger partial charge in [0.1, 0.15) is 12.3 Å². The summed E-state index contributed by atoms with van der Waals surface area (Å²) < 4.78 is 5.19. The lowest BCUT2D eigenvalue weighted by Crippen LogP contribution is -2.17. The van der Waals surface area contributed by atoms with E-state index in [-0.39, 0.29) is 12.6 Å². The van der Waals surface area contributed by atoms with Gasteiger partial charge in [-0.15, -0.1) is 0 Å². The topological polar surface area (TPSA) is 51.5 Å². The SMILES string of the molecule is O=C(OCc1ccccn1)C1=NCCCCC1. The van der Waals surface area contributed by atoms with Crippen LogP contribution >= 0.6 is 0 Å². The van der Waals surface area contributed by atoms with Crippen molar-refractivity contribution in [3.8, 4) is 0 Å². The first-order chi connectivity index (χ1) is 8.36. The molecule has 0 aromatic carbocycles.